The lowest BCUT2D eigenvalue weighted by Crippen LogP contribution is -2.28. The summed E-state index contributed by atoms with van der Waals surface area (Å²) in [5.41, 5.74) is -0.148. The first-order valence-electron chi connectivity index (χ1n) is 4.61. The maximum Gasteiger partial charge on any atom is 0.290 e. The average molecular weight is 214 g/mol. The van der Waals surface area contributed by atoms with Gasteiger partial charge in [0.25, 0.3) is 5.56 Å². The van der Waals surface area contributed by atoms with E-state index >= 15 is 0 Å². The van der Waals surface area contributed by atoms with Gasteiger partial charge >= 0.3 is 0 Å². The maximum atomic E-state index is 11.4. The number of alkyl halides is 1. The van der Waals surface area contributed by atoms with Crippen LogP contribution in [0, 0.1) is 5.92 Å². The fourth-order valence-electron chi connectivity index (χ4n) is 1.67. The van der Waals surface area contributed by atoms with E-state index < -0.39 is 0 Å². The van der Waals surface area contributed by atoms with Crippen molar-refractivity contribution in [3.8, 4) is 0 Å². The van der Waals surface area contributed by atoms with Crippen LogP contribution in [-0.2, 0) is 0 Å². The Morgan fingerprint density at radius 1 is 1.64 bits per heavy atom. The van der Waals surface area contributed by atoms with Crippen LogP contribution in [0.3, 0.4) is 0 Å². The second-order valence-corrected chi connectivity index (χ2v) is 4.20. The molecular formula is C9H12ClN3O. The van der Waals surface area contributed by atoms with Crippen molar-refractivity contribution in [2.24, 2.45) is 5.92 Å². The van der Waals surface area contributed by atoms with E-state index in [2.05, 4.69) is 16.9 Å². The molecule has 4 nitrogen and oxygen atoms in total. The minimum atomic E-state index is -0.148. The lowest BCUT2D eigenvalue weighted by molar-refractivity contribution is 0.665. The van der Waals surface area contributed by atoms with Crippen molar-refractivity contribution in [1.29, 1.82) is 0 Å². The fourth-order valence-corrected chi connectivity index (χ4v) is 1.92. The van der Waals surface area contributed by atoms with E-state index in [9.17, 15) is 4.79 Å². The van der Waals surface area contributed by atoms with E-state index in [0.29, 0.717) is 18.3 Å². The minimum absolute atomic E-state index is 0.108. The van der Waals surface area contributed by atoms with Crippen LogP contribution in [0.5, 0.6) is 0 Å². The Bertz CT molecular complexity index is 368. The Labute approximate surface area is 86.9 Å². The summed E-state index contributed by atoms with van der Waals surface area (Å²) < 4.78 is 0. The molecule has 0 saturated carbocycles. The molecular weight excluding hydrogens is 202 g/mol. The predicted molar refractivity (Wildman–Crippen MR) is 55.9 cm³/mol. The Kier molecular flexibility index (Phi) is 2.46. The molecule has 14 heavy (non-hydrogen) atoms. The largest absolute Gasteiger partial charge is 0.350 e. The highest BCUT2D eigenvalue weighted by Crippen LogP contribution is 2.23. The van der Waals surface area contributed by atoms with Gasteiger partial charge in [0.1, 0.15) is 0 Å². The molecule has 1 aromatic rings. The van der Waals surface area contributed by atoms with Crippen molar-refractivity contribution in [1.82, 2.24) is 9.97 Å². The van der Waals surface area contributed by atoms with Gasteiger partial charge in [-0.25, -0.2) is 4.98 Å². The van der Waals surface area contributed by atoms with Crippen LogP contribution < -0.4 is 10.5 Å². The number of nitrogens with one attached hydrogen (secondary N) is 1. The zero-order chi connectivity index (χ0) is 10.1. The lowest BCUT2D eigenvalue weighted by Gasteiger charge is -2.14. The van der Waals surface area contributed by atoms with E-state index in [4.69, 9.17) is 11.6 Å². The molecule has 2 atom stereocenters. The first-order valence-corrected chi connectivity index (χ1v) is 5.05. The normalized spacial score (nSPS) is 26.9. The summed E-state index contributed by atoms with van der Waals surface area (Å²) in [6, 6.07) is 0. The smallest absolute Gasteiger partial charge is 0.290 e. The van der Waals surface area contributed by atoms with Crippen LogP contribution in [-0.4, -0.2) is 28.4 Å². The van der Waals surface area contributed by atoms with Gasteiger partial charge in [-0.15, -0.1) is 11.6 Å². The summed E-state index contributed by atoms with van der Waals surface area (Å²) in [5.74, 6) is 0.876. The van der Waals surface area contributed by atoms with Crippen LogP contribution in [0.15, 0.2) is 17.2 Å². The molecule has 1 aliphatic rings. The minimum Gasteiger partial charge on any atom is -0.350 e. The monoisotopic (exact) mass is 213 g/mol. The Morgan fingerprint density at radius 3 is 3.00 bits per heavy atom. The fraction of sp³-hybridized carbons (Fsp3) is 0.556. The van der Waals surface area contributed by atoms with Gasteiger partial charge in [0, 0.05) is 25.5 Å². The van der Waals surface area contributed by atoms with Crippen molar-refractivity contribution < 1.29 is 0 Å². The molecule has 0 radical (unpaired) electrons. The van der Waals surface area contributed by atoms with Crippen LogP contribution in [0.2, 0.25) is 0 Å². The standard InChI is InChI=1S/C9H12ClN3O/c1-6-4-13(5-7(6)10)8-9(14)12-3-2-11-8/h2-3,6-7H,4-5H2,1H3,(H,12,14). The molecule has 2 heterocycles. The number of hydrogen-bond donors (Lipinski definition) is 1. The van der Waals surface area contributed by atoms with E-state index in [1.165, 1.54) is 6.20 Å². The number of aromatic amines is 1. The van der Waals surface area contributed by atoms with Crippen molar-refractivity contribution in [3.05, 3.63) is 22.7 Å². The second kappa shape index (κ2) is 3.61. The van der Waals surface area contributed by atoms with Gasteiger partial charge in [-0.3, -0.25) is 4.79 Å². The highest BCUT2D eigenvalue weighted by molar-refractivity contribution is 6.21. The van der Waals surface area contributed by atoms with Crippen LogP contribution >= 0.6 is 11.6 Å². The first kappa shape index (κ1) is 9.52. The summed E-state index contributed by atoms with van der Waals surface area (Å²) >= 11 is 6.08. The zero-order valence-electron chi connectivity index (χ0n) is 7.90. The third kappa shape index (κ3) is 1.62. The van der Waals surface area contributed by atoms with Crippen molar-refractivity contribution in [2.45, 2.75) is 12.3 Å². The molecule has 0 bridgehead atoms. The summed E-state index contributed by atoms with van der Waals surface area (Å²) in [6.07, 6.45) is 3.12. The molecule has 1 N–H and O–H groups in total. The van der Waals surface area contributed by atoms with E-state index in [1.807, 2.05) is 4.90 Å². The molecule has 2 rings (SSSR count). The Balaban J connectivity index is 2.26. The van der Waals surface area contributed by atoms with Gasteiger partial charge in [0.2, 0.25) is 0 Å². The number of aromatic nitrogens is 2. The number of H-pyrrole nitrogens is 1. The summed E-state index contributed by atoms with van der Waals surface area (Å²) in [7, 11) is 0. The first-order chi connectivity index (χ1) is 6.68. The van der Waals surface area contributed by atoms with Crippen LogP contribution in [0.4, 0.5) is 5.82 Å². The van der Waals surface area contributed by atoms with Crippen molar-refractivity contribution >= 4 is 17.4 Å². The molecule has 76 valence electrons. The quantitative estimate of drug-likeness (QED) is 0.704. The predicted octanol–water partition coefficient (Wildman–Crippen LogP) is 0.833. The lowest BCUT2D eigenvalue weighted by atomic mass is 10.2. The molecule has 0 aliphatic carbocycles. The average Bonchev–Trinajstić information content (AvgIpc) is 2.48. The number of nitrogens with zero attached hydrogens (tertiary/aromatic N) is 2. The van der Waals surface area contributed by atoms with Gasteiger partial charge in [-0.2, -0.15) is 0 Å². The summed E-state index contributed by atoms with van der Waals surface area (Å²) in [5, 5.41) is 0.108. The van der Waals surface area contributed by atoms with Gasteiger partial charge in [0.05, 0.1) is 5.38 Å². The van der Waals surface area contributed by atoms with E-state index in [1.54, 1.807) is 6.20 Å². The van der Waals surface area contributed by atoms with Crippen LogP contribution in [0.1, 0.15) is 6.92 Å². The van der Waals surface area contributed by atoms with Gasteiger partial charge in [0.15, 0.2) is 5.82 Å². The molecule has 0 aromatic carbocycles. The zero-order valence-corrected chi connectivity index (χ0v) is 8.66. The molecule has 5 heteroatoms. The third-order valence-electron chi connectivity index (χ3n) is 2.51. The van der Waals surface area contributed by atoms with Gasteiger partial charge < -0.3 is 9.88 Å². The molecule has 0 spiro atoms. The highest BCUT2D eigenvalue weighted by atomic mass is 35.5. The molecule has 1 saturated heterocycles. The van der Waals surface area contributed by atoms with Crippen molar-refractivity contribution in [2.75, 3.05) is 18.0 Å². The molecule has 0 amide bonds. The van der Waals surface area contributed by atoms with E-state index in [-0.39, 0.29) is 10.9 Å². The molecule has 2 unspecified atom stereocenters. The number of rotatable bonds is 1. The SMILES string of the molecule is CC1CN(c2ncc[nH]c2=O)CC1Cl. The van der Waals surface area contributed by atoms with E-state index in [0.717, 1.165) is 6.54 Å². The highest BCUT2D eigenvalue weighted by Gasteiger charge is 2.29. The van der Waals surface area contributed by atoms with Crippen molar-refractivity contribution in [3.63, 3.8) is 0 Å². The maximum absolute atomic E-state index is 11.4. The number of halogens is 1. The Hall–Kier alpha value is -1.03. The summed E-state index contributed by atoms with van der Waals surface area (Å²) in [6.45, 7) is 3.58. The number of hydrogen-bond acceptors (Lipinski definition) is 3. The molecule has 1 fully saturated rings. The second-order valence-electron chi connectivity index (χ2n) is 3.64. The van der Waals surface area contributed by atoms with Gasteiger partial charge in [-0.05, 0) is 5.92 Å². The van der Waals surface area contributed by atoms with Gasteiger partial charge in [-0.1, -0.05) is 6.92 Å². The van der Waals surface area contributed by atoms with Crippen LogP contribution in [0.25, 0.3) is 0 Å². The Morgan fingerprint density at radius 2 is 2.43 bits per heavy atom. The number of anilines is 1. The molecule has 1 aromatic heterocycles. The third-order valence-corrected chi connectivity index (χ3v) is 3.08. The summed E-state index contributed by atoms with van der Waals surface area (Å²) in [4.78, 5) is 20.0. The topological polar surface area (TPSA) is 49.0 Å². The molecule has 1 aliphatic heterocycles.